The van der Waals surface area contributed by atoms with Crippen molar-refractivity contribution in [3.05, 3.63) is 5.21 Å². The average molecular weight is 408 g/mol. The summed E-state index contributed by atoms with van der Waals surface area (Å²) in [4.78, 5) is 34.4. The molecule has 4 N–H and O–H groups in total. The summed E-state index contributed by atoms with van der Waals surface area (Å²) < 4.78 is 19.7. The molecule has 160 valence electrons. The number of aliphatic hydroxyl groups is 3. The number of aliphatic hydroxyl groups excluding tert-OH is 3. The molecule has 0 aromatic heterocycles. The normalized spacial score (nSPS) is 32.9. The van der Waals surface area contributed by atoms with Crippen molar-refractivity contribution in [2.75, 3.05) is 19.8 Å². The topological polar surface area (TPSA) is 195 Å². The first-order valence-electron chi connectivity index (χ1n) is 8.51. The molecule has 2 rings (SSSR count). The van der Waals surface area contributed by atoms with Gasteiger partial charge in [-0.2, -0.15) is 0 Å². The second-order valence-corrected chi connectivity index (χ2v) is 6.47. The van der Waals surface area contributed by atoms with Crippen molar-refractivity contribution in [3.8, 4) is 0 Å². The smallest absolute Gasteiger partial charge is 0.308 e. The predicted octanol–water partition coefficient (Wildman–Crippen LogP) is -2.59. The largest absolute Gasteiger partial charge is 0.762 e. The molecule has 0 spiro atoms. The third kappa shape index (κ3) is 6.34. The molecule has 2 aliphatic heterocycles. The zero-order valence-corrected chi connectivity index (χ0v) is 14.7. The Morgan fingerprint density at radius 2 is 1.89 bits per heavy atom. The highest BCUT2D eigenvalue weighted by Crippen LogP contribution is 2.24. The average Bonchev–Trinajstić information content (AvgIpc) is 3.03. The molecule has 0 aliphatic carbocycles. The Balaban J connectivity index is 1.85. The van der Waals surface area contributed by atoms with Gasteiger partial charge in [-0.05, 0) is 0 Å². The number of hydrogen-bond acceptors (Lipinski definition) is 13. The fourth-order valence-corrected chi connectivity index (χ4v) is 2.69. The first-order chi connectivity index (χ1) is 13.2. The summed E-state index contributed by atoms with van der Waals surface area (Å²) in [5, 5.41) is 48.1. The maximum Gasteiger partial charge on any atom is 0.308 e. The number of carbonyl (C=O) groups excluding carboxylic acids is 3. The van der Waals surface area contributed by atoms with Crippen molar-refractivity contribution in [2.45, 2.75) is 50.0 Å². The van der Waals surface area contributed by atoms with E-state index in [2.05, 4.69) is 0 Å². The Kier molecular flexibility index (Phi) is 8.06. The van der Waals surface area contributed by atoms with Crippen molar-refractivity contribution in [3.63, 3.8) is 0 Å². The standard InChI is InChI=1S/C15H22NO12/c17-9(1-2-16(23)24)26-6-8-12(20)13(21)14(22)15(27-8)28-11(19)4-7-3-10(18)25-5-7/h7-8,12-15,20-23H,1-6H2/q-1. The SMILES string of the molecule is O=C(CCN([O-])O)OCC1OC(OC(=O)CC2COC(=O)C2)C(O)C(O)C1O. The van der Waals surface area contributed by atoms with Gasteiger partial charge in [-0.15, -0.1) is 0 Å². The summed E-state index contributed by atoms with van der Waals surface area (Å²) in [6.45, 7) is -1.02. The van der Waals surface area contributed by atoms with Crippen LogP contribution in [0.4, 0.5) is 0 Å². The third-order valence-electron chi connectivity index (χ3n) is 4.22. The molecule has 2 heterocycles. The van der Waals surface area contributed by atoms with Crippen molar-refractivity contribution in [2.24, 2.45) is 5.92 Å². The molecular formula is C15H22NO12-. The molecule has 0 saturated carbocycles. The van der Waals surface area contributed by atoms with Crippen LogP contribution in [0.3, 0.4) is 0 Å². The van der Waals surface area contributed by atoms with E-state index in [4.69, 9.17) is 24.2 Å². The zero-order chi connectivity index (χ0) is 20.8. The fourth-order valence-electron chi connectivity index (χ4n) is 2.69. The highest BCUT2D eigenvalue weighted by Gasteiger charge is 2.46. The van der Waals surface area contributed by atoms with Crippen LogP contribution in [-0.2, 0) is 33.3 Å². The molecule has 13 nitrogen and oxygen atoms in total. The van der Waals surface area contributed by atoms with Crippen molar-refractivity contribution in [1.82, 2.24) is 5.23 Å². The minimum atomic E-state index is -1.75. The second kappa shape index (κ2) is 10.1. The molecule has 2 fully saturated rings. The van der Waals surface area contributed by atoms with Crippen molar-refractivity contribution >= 4 is 17.9 Å². The Hall–Kier alpha value is -1.87. The lowest BCUT2D eigenvalue weighted by atomic mass is 9.99. The second-order valence-electron chi connectivity index (χ2n) is 6.47. The molecule has 28 heavy (non-hydrogen) atoms. The van der Waals surface area contributed by atoms with Gasteiger partial charge in [0, 0.05) is 12.5 Å². The van der Waals surface area contributed by atoms with Gasteiger partial charge >= 0.3 is 17.9 Å². The molecule has 0 bridgehead atoms. The molecule has 6 atom stereocenters. The molecule has 0 aromatic carbocycles. The minimum absolute atomic E-state index is 0.0533. The van der Waals surface area contributed by atoms with Crippen LogP contribution >= 0.6 is 0 Å². The van der Waals surface area contributed by atoms with E-state index in [1.54, 1.807) is 0 Å². The number of ether oxygens (including phenoxy) is 4. The van der Waals surface area contributed by atoms with E-state index in [1.165, 1.54) is 0 Å². The Labute approximate surface area is 158 Å². The Morgan fingerprint density at radius 3 is 2.50 bits per heavy atom. The van der Waals surface area contributed by atoms with E-state index in [0.717, 1.165) is 0 Å². The van der Waals surface area contributed by atoms with E-state index in [1.807, 2.05) is 0 Å². The summed E-state index contributed by atoms with van der Waals surface area (Å²) in [6.07, 6.45) is -8.67. The van der Waals surface area contributed by atoms with Crippen LogP contribution in [-0.4, -0.2) is 94.1 Å². The third-order valence-corrected chi connectivity index (χ3v) is 4.22. The summed E-state index contributed by atoms with van der Waals surface area (Å²) in [7, 11) is 0. The highest BCUT2D eigenvalue weighted by molar-refractivity contribution is 5.75. The number of hydrogen-bond donors (Lipinski definition) is 4. The van der Waals surface area contributed by atoms with Crippen molar-refractivity contribution < 1.29 is 53.9 Å². The number of cyclic esters (lactones) is 1. The number of carbonyl (C=O) groups is 3. The lowest BCUT2D eigenvalue weighted by Crippen LogP contribution is -2.59. The van der Waals surface area contributed by atoms with Gasteiger partial charge in [-0.1, -0.05) is 0 Å². The van der Waals surface area contributed by atoms with Gasteiger partial charge in [0.25, 0.3) is 0 Å². The van der Waals surface area contributed by atoms with Crippen LogP contribution in [0, 0.1) is 11.1 Å². The zero-order valence-electron chi connectivity index (χ0n) is 14.7. The fraction of sp³-hybridized carbons (Fsp3) is 0.800. The molecule has 6 unspecified atom stereocenters. The van der Waals surface area contributed by atoms with Crippen LogP contribution in [0.1, 0.15) is 19.3 Å². The lowest BCUT2D eigenvalue weighted by molar-refractivity contribution is -0.293. The van der Waals surface area contributed by atoms with Crippen molar-refractivity contribution in [1.29, 1.82) is 0 Å². The lowest BCUT2D eigenvalue weighted by Gasteiger charge is -2.39. The van der Waals surface area contributed by atoms with Gasteiger partial charge in [0.15, 0.2) is 0 Å². The van der Waals surface area contributed by atoms with E-state index >= 15 is 0 Å². The minimum Gasteiger partial charge on any atom is -0.762 e. The van der Waals surface area contributed by atoms with Gasteiger partial charge in [0.2, 0.25) is 6.29 Å². The van der Waals surface area contributed by atoms with E-state index < -0.39 is 73.4 Å². The van der Waals surface area contributed by atoms with Gasteiger partial charge in [0.1, 0.15) is 31.0 Å². The van der Waals surface area contributed by atoms with Crippen LogP contribution in [0.25, 0.3) is 0 Å². The first-order valence-corrected chi connectivity index (χ1v) is 8.51. The molecule has 2 aliphatic rings. The molecule has 0 radical (unpaired) electrons. The van der Waals surface area contributed by atoms with E-state index in [0.29, 0.717) is 0 Å². The van der Waals surface area contributed by atoms with Gasteiger partial charge in [-0.3, -0.25) is 19.6 Å². The molecule has 0 amide bonds. The van der Waals surface area contributed by atoms with E-state index in [9.17, 15) is 34.9 Å². The summed E-state index contributed by atoms with van der Waals surface area (Å²) in [5.41, 5.74) is 0. The summed E-state index contributed by atoms with van der Waals surface area (Å²) in [6, 6.07) is 0. The van der Waals surface area contributed by atoms with Crippen LogP contribution in [0.5, 0.6) is 0 Å². The first kappa shape index (κ1) is 22.4. The predicted molar refractivity (Wildman–Crippen MR) is 83.9 cm³/mol. The monoisotopic (exact) mass is 408 g/mol. The molecule has 13 heteroatoms. The highest BCUT2D eigenvalue weighted by atomic mass is 16.8. The Morgan fingerprint density at radius 1 is 1.18 bits per heavy atom. The van der Waals surface area contributed by atoms with Crippen LogP contribution < -0.4 is 0 Å². The molecule has 2 saturated heterocycles. The quantitative estimate of drug-likeness (QED) is 0.186. The van der Waals surface area contributed by atoms with Crippen LogP contribution in [0.2, 0.25) is 0 Å². The number of rotatable bonds is 8. The summed E-state index contributed by atoms with van der Waals surface area (Å²) in [5.74, 6) is -2.51. The number of nitrogens with zero attached hydrogens (tertiary/aromatic N) is 1. The van der Waals surface area contributed by atoms with E-state index in [-0.39, 0.29) is 25.4 Å². The molecular weight excluding hydrogens is 386 g/mol. The number of hydroxylamine groups is 2. The number of esters is 3. The van der Waals surface area contributed by atoms with Crippen LogP contribution in [0.15, 0.2) is 0 Å². The maximum atomic E-state index is 12.0. The van der Waals surface area contributed by atoms with Gasteiger partial charge in [-0.25, -0.2) is 0 Å². The Bertz CT molecular complexity index is 569. The summed E-state index contributed by atoms with van der Waals surface area (Å²) >= 11 is 0. The van der Waals surface area contributed by atoms with Gasteiger partial charge in [0.05, 0.1) is 25.9 Å². The molecule has 0 aromatic rings. The maximum absolute atomic E-state index is 12.0. The van der Waals surface area contributed by atoms with Gasteiger partial charge < -0.3 is 44.7 Å².